The first-order chi connectivity index (χ1) is 31.1. The lowest BCUT2D eigenvalue weighted by molar-refractivity contribution is -0.145. The highest BCUT2D eigenvalue weighted by Gasteiger charge is 2.43. The Hall–Kier alpha value is -5.68. The van der Waals surface area contributed by atoms with Gasteiger partial charge in [0.25, 0.3) is 10.0 Å². The molecule has 0 fully saturated rings. The smallest absolute Gasteiger partial charge is 0.328 e. The maximum atomic E-state index is 14.7. The molecular formula is C47H41Cl3N4O9S2. The van der Waals surface area contributed by atoms with Gasteiger partial charge in [0.2, 0.25) is 11.8 Å². The zero-order valence-corrected chi connectivity index (χ0v) is 39.0. The number of esters is 1. The molecule has 8 rings (SSSR count). The van der Waals surface area contributed by atoms with E-state index in [0.29, 0.717) is 50.1 Å². The number of anilines is 1. The number of thiazole rings is 1. The molecule has 0 aliphatic carbocycles. The summed E-state index contributed by atoms with van der Waals surface area (Å²) in [6, 6.07) is 28.6. The molecule has 13 nitrogen and oxygen atoms in total. The Morgan fingerprint density at radius 2 is 1.55 bits per heavy atom. The van der Waals surface area contributed by atoms with E-state index in [4.69, 9.17) is 53.8 Å². The molecule has 3 heterocycles. The van der Waals surface area contributed by atoms with Crippen molar-refractivity contribution in [1.29, 1.82) is 0 Å². The van der Waals surface area contributed by atoms with Crippen LogP contribution in [-0.4, -0.2) is 61.3 Å². The van der Waals surface area contributed by atoms with E-state index in [0.717, 1.165) is 43.5 Å². The molecule has 2 N–H and O–H groups in total. The van der Waals surface area contributed by atoms with E-state index in [2.05, 4.69) is 15.6 Å². The molecule has 336 valence electrons. The summed E-state index contributed by atoms with van der Waals surface area (Å²) >= 11 is 19.0. The summed E-state index contributed by atoms with van der Waals surface area (Å²) in [7, 11) is -3.23. The van der Waals surface area contributed by atoms with Crippen molar-refractivity contribution in [3.8, 4) is 28.4 Å². The number of ether oxygens (including phenoxy) is 4. The van der Waals surface area contributed by atoms with Crippen LogP contribution in [-0.2, 0) is 55.1 Å². The van der Waals surface area contributed by atoms with Gasteiger partial charge in [-0.3, -0.25) is 9.59 Å². The van der Waals surface area contributed by atoms with Gasteiger partial charge < -0.3 is 29.6 Å². The average Bonchev–Trinajstić information content (AvgIpc) is 3.67. The van der Waals surface area contributed by atoms with Crippen LogP contribution >= 0.6 is 46.1 Å². The summed E-state index contributed by atoms with van der Waals surface area (Å²) in [6.45, 7) is 3.05. The largest absolute Gasteiger partial charge is 0.489 e. The van der Waals surface area contributed by atoms with Crippen molar-refractivity contribution in [2.45, 2.75) is 62.2 Å². The third-order valence-electron chi connectivity index (χ3n) is 10.9. The van der Waals surface area contributed by atoms with E-state index in [-0.39, 0.29) is 41.0 Å². The van der Waals surface area contributed by atoms with Crippen molar-refractivity contribution in [3.63, 3.8) is 0 Å². The third-order valence-corrected chi connectivity index (χ3v) is 15.4. The molecule has 0 bridgehead atoms. The minimum absolute atomic E-state index is 0.0652. The van der Waals surface area contributed by atoms with Crippen LogP contribution in [0.15, 0.2) is 107 Å². The number of hydrogen-bond donors (Lipinski definition) is 2. The minimum atomic E-state index is -4.45. The number of benzene rings is 5. The van der Waals surface area contributed by atoms with E-state index < -0.39 is 46.0 Å². The predicted molar refractivity (Wildman–Crippen MR) is 248 cm³/mol. The van der Waals surface area contributed by atoms with Gasteiger partial charge in [-0.25, -0.2) is 18.2 Å². The number of aromatic nitrogens is 1. The van der Waals surface area contributed by atoms with Gasteiger partial charge in [0.05, 0.1) is 22.8 Å². The Balaban J connectivity index is 1.04. The minimum Gasteiger partial charge on any atom is -0.489 e. The highest BCUT2D eigenvalue weighted by molar-refractivity contribution is 7.91. The summed E-state index contributed by atoms with van der Waals surface area (Å²) in [5.74, 6) is -0.373. The molecule has 0 saturated carbocycles. The highest BCUT2D eigenvalue weighted by Crippen LogP contribution is 2.43. The number of halogens is 3. The van der Waals surface area contributed by atoms with Crippen LogP contribution in [0.2, 0.25) is 15.1 Å². The number of sulfonamides is 1. The van der Waals surface area contributed by atoms with Crippen LogP contribution in [0.3, 0.4) is 0 Å². The number of amides is 2. The summed E-state index contributed by atoms with van der Waals surface area (Å²) in [5.41, 5.74) is 5.68. The standard InChI is InChI=1S/C47H41Cl3N4O9S2/c1-26-46(64-47(51-26)52-27(2)55)65(58,59)54-23-34-22-42-41(62-25-43(63-42)32-11-15-36(16-12-32)61-24-29-6-17-37(49)38(50)18-29)21-33(34)20-40(54)44(56)53-39(45(57)60-3)19-28-4-7-30(8-5-28)31-9-13-35(48)14-10-31/h4-18,21-22,39-40,43H,19-20,23-25H2,1-3H3,(H,53,56)(H,51,52,55)/t39-,40?,43+/m0/s1. The van der Waals surface area contributed by atoms with E-state index in [1.807, 2.05) is 66.7 Å². The van der Waals surface area contributed by atoms with Crippen LogP contribution < -0.4 is 24.8 Å². The quantitative estimate of drug-likeness (QED) is 0.107. The first-order valence-electron chi connectivity index (χ1n) is 20.3. The van der Waals surface area contributed by atoms with E-state index >= 15 is 0 Å². The van der Waals surface area contributed by atoms with Gasteiger partial charge >= 0.3 is 5.97 Å². The van der Waals surface area contributed by atoms with Crippen molar-refractivity contribution in [2.75, 3.05) is 19.0 Å². The fraction of sp³-hybridized carbons (Fsp3) is 0.234. The molecule has 6 aromatic rings. The summed E-state index contributed by atoms with van der Waals surface area (Å²) in [5, 5.41) is 6.97. The first-order valence-corrected chi connectivity index (χ1v) is 23.7. The molecular weight excluding hydrogens is 935 g/mol. The fourth-order valence-electron chi connectivity index (χ4n) is 7.59. The van der Waals surface area contributed by atoms with Crippen LogP contribution in [0, 0.1) is 6.92 Å². The third kappa shape index (κ3) is 10.4. The molecule has 0 saturated heterocycles. The van der Waals surface area contributed by atoms with Crippen LogP contribution in [0.25, 0.3) is 11.1 Å². The lowest BCUT2D eigenvalue weighted by atomic mass is 9.94. The summed E-state index contributed by atoms with van der Waals surface area (Å²) < 4.78 is 54.1. The molecule has 18 heteroatoms. The maximum Gasteiger partial charge on any atom is 0.328 e. The van der Waals surface area contributed by atoms with Crippen molar-refractivity contribution in [1.82, 2.24) is 14.6 Å². The number of fused-ring (bicyclic) bond motifs is 2. The van der Waals surface area contributed by atoms with Crippen LogP contribution in [0.5, 0.6) is 17.2 Å². The zero-order chi connectivity index (χ0) is 46.0. The second-order valence-electron chi connectivity index (χ2n) is 15.4. The van der Waals surface area contributed by atoms with Gasteiger partial charge in [-0.2, -0.15) is 4.31 Å². The topological polar surface area (TPSA) is 162 Å². The van der Waals surface area contributed by atoms with E-state index in [1.54, 1.807) is 36.4 Å². The molecule has 2 aliphatic heterocycles. The Morgan fingerprint density at radius 1 is 0.877 bits per heavy atom. The molecule has 5 aromatic carbocycles. The number of nitrogens with one attached hydrogen (secondary N) is 2. The molecule has 3 atom stereocenters. The van der Waals surface area contributed by atoms with Gasteiger partial charge in [0.15, 0.2) is 26.9 Å². The van der Waals surface area contributed by atoms with Crippen LogP contribution in [0.1, 0.15) is 46.5 Å². The zero-order valence-electron chi connectivity index (χ0n) is 35.1. The number of rotatable bonds is 13. The molecule has 2 amide bonds. The van der Waals surface area contributed by atoms with Gasteiger partial charge in [0.1, 0.15) is 31.0 Å². The summed E-state index contributed by atoms with van der Waals surface area (Å²) in [6.07, 6.45) is -0.496. The Bertz CT molecular complexity index is 2880. The second-order valence-corrected chi connectivity index (χ2v) is 19.8. The lowest BCUT2D eigenvalue weighted by Crippen LogP contribution is -2.56. The Kier molecular flexibility index (Phi) is 13.7. The number of methoxy groups -OCH3 is 1. The fourth-order valence-corrected chi connectivity index (χ4v) is 11.2. The number of aryl methyl sites for hydroxylation is 1. The SMILES string of the molecule is COC(=O)[C@H](Cc1ccc(-c2ccc(Cl)cc2)cc1)NC(=O)C1Cc2cc3c(cc2CN1S(=O)(=O)c1sc(NC(C)=O)nc1C)O[C@@H](c1ccc(OCc2ccc(Cl)c(Cl)c2)cc1)CO3. The maximum absolute atomic E-state index is 14.7. The average molecular weight is 976 g/mol. The van der Waals surface area contributed by atoms with Gasteiger partial charge in [-0.05, 0) is 101 Å². The molecule has 1 aromatic heterocycles. The Morgan fingerprint density at radius 3 is 2.23 bits per heavy atom. The van der Waals surface area contributed by atoms with Crippen molar-refractivity contribution >= 4 is 79.1 Å². The van der Waals surface area contributed by atoms with E-state index in [1.165, 1.54) is 21.0 Å². The second kappa shape index (κ2) is 19.4. The molecule has 0 spiro atoms. The normalized spacial score (nSPS) is 16.2. The van der Waals surface area contributed by atoms with Gasteiger partial charge in [-0.1, -0.05) is 101 Å². The van der Waals surface area contributed by atoms with Crippen molar-refractivity contribution in [2.24, 2.45) is 0 Å². The monoisotopic (exact) mass is 974 g/mol. The predicted octanol–water partition coefficient (Wildman–Crippen LogP) is 9.14. The van der Waals surface area contributed by atoms with Gasteiger partial charge in [-0.15, -0.1) is 0 Å². The number of hydrogen-bond acceptors (Lipinski definition) is 11. The molecule has 2 aliphatic rings. The molecule has 65 heavy (non-hydrogen) atoms. The summed E-state index contributed by atoms with van der Waals surface area (Å²) in [4.78, 5) is 43.9. The molecule has 0 radical (unpaired) electrons. The number of nitrogens with zero attached hydrogens (tertiary/aromatic N) is 2. The van der Waals surface area contributed by atoms with E-state index in [9.17, 15) is 22.8 Å². The van der Waals surface area contributed by atoms with Crippen molar-refractivity contribution < 1.29 is 41.7 Å². The number of carbonyl (C=O) groups is 3. The van der Waals surface area contributed by atoms with Crippen LogP contribution in [0.4, 0.5) is 5.13 Å². The molecule has 1 unspecified atom stereocenters. The van der Waals surface area contributed by atoms with Gasteiger partial charge in [0, 0.05) is 24.9 Å². The number of carbonyl (C=O) groups excluding carboxylic acids is 3. The van der Waals surface area contributed by atoms with Crippen molar-refractivity contribution in [3.05, 3.63) is 152 Å². The highest BCUT2D eigenvalue weighted by atomic mass is 35.5. The lowest BCUT2D eigenvalue weighted by Gasteiger charge is -2.36. The first kappa shape index (κ1) is 45.9. The Labute approximate surface area is 394 Å².